The van der Waals surface area contributed by atoms with E-state index in [-0.39, 0.29) is 0 Å². The molecule has 0 unspecified atom stereocenters. The van der Waals surface area contributed by atoms with Crippen LogP contribution in [0.2, 0.25) is 0 Å². The van der Waals surface area contributed by atoms with Gasteiger partial charge < -0.3 is 10.3 Å². The summed E-state index contributed by atoms with van der Waals surface area (Å²) in [5.74, 6) is 0. The van der Waals surface area contributed by atoms with Gasteiger partial charge in [-0.2, -0.15) is 0 Å². The van der Waals surface area contributed by atoms with Crippen LogP contribution < -0.4 is 5.32 Å². The summed E-state index contributed by atoms with van der Waals surface area (Å²) in [6.45, 7) is 4.30. The molecule has 0 aliphatic carbocycles. The van der Waals surface area contributed by atoms with Crippen molar-refractivity contribution in [3.8, 4) is 0 Å². The van der Waals surface area contributed by atoms with Crippen LogP contribution in [0.1, 0.15) is 11.1 Å². The maximum atomic E-state index is 3.24. The molecule has 0 radical (unpaired) electrons. The lowest BCUT2D eigenvalue weighted by Crippen LogP contribution is -1.88. The number of H-pyrrole nitrogens is 1. The summed E-state index contributed by atoms with van der Waals surface area (Å²) in [6, 6.07) is 4.27. The zero-order valence-corrected chi connectivity index (χ0v) is 8.23. The molecule has 0 spiro atoms. The first-order valence-corrected chi connectivity index (χ1v) is 4.49. The smallest absolute Gasteiger partial charge is 0.0598 e. The van der Waals surface area contributed by atoms with Crippen molar-refractivity contribution < 1.29 is 0 Å². The number of rotatable bonds is 1. The highest BCUT2D eigenvalue weighted by molar-refractivity contribution is 5.95. The summed E-state index contributed by atoms with van der Waals surface area (Å²) in [6.07, 6.45) is 2.01. The molecule has 0 aliphatic heterocycles. The predicted octanol–water partition coefficient (Wildman–Crippen LogP) is 2.83. The number of aromatic nitrogens is 1. The number of aryl methyl sites for hydroxylation is 2. The number of benzene rings is 1. The topological polar surface area (TPSA) is 27.8 Å². The van der Waals surface area contributed by atoms with Crippen molar-refractivity contribution in [1.29, 1.82) is 0 Å². The molecular formula is C11H14N2. The van der Waals surface area contributed by atoms with Crippen LogP contribution in [0.5, 0.6) is 0 Å². The van der Waals surface area contributed by atoms with Crippen molar-refractivity contribution in [1.82, 2.24) is 4.98 Å². The molecule has 2 nitrogen and oxygen atoms in total. The van der Waals surface area contributed by atoms with Gasteiger partial charge in [0.1, 0.15) is 0 Å². The average molecular weight is 174 g/mol. The Morgan fingerprint density at radius 2 is 2.00 bits per heavy atom. The largest absolute Gasteiger partial charge is 0.386 e. The number of hydrogen-bond donors (Lipinski definition) is 2. The van der Waals surface area contributed by atoms with Crippen LogP contribution in [0.15, 0.2) is 18.3 Å². The van der Waals surface area contributed by atoms with E-state index in [1.165, 1.54) is 27.7 Å². The highest BCUT2D eigenvalue weighted by Gasteiger charge is 2.05. The molecule has 2 N–H and O–H groups in total. The van der Waals surface area contributed by atoms with Gasteiger partial charge >= 0.3 is 0 Å². The van der Waals surface area contributed by atoms with Gasteiger partial charge in [-0.25, -0.2) is 0 Å². The minimum atomic E-state index is 1.18. The fourth-order valence-electron chi connectivity index (χ4n) is 1.70. The van der Waals surface area contributed by atoms with Crippen molar-refractivity contribution in [2.24, 2.45) is 0 Å². The normalized spacial score (nSPS) is 10.7. The third-order valence-corrected chi connectivity index (χ3v) is 2.65. The second kappa shape index (κ2) is 2.80. The molecule has 0 amide bonds. The molecule has 0 aliphatic rings. The second-order valence-corrected chi connectivity index (χ2v) is 3.38. The lowest BCUT2D eigenvalue weighted by molar-refractivity contribution is 1.37. The fourth-order valence-corrected chi connectivity index (χ4v) is 1.70. The monoisotopic (exact) mass is 174 g/mol. The van der Waals surface area contributed by atoms with E-state index in [9.17, 15) is 0 Å². The number of nitrogens with one attached hydrogen (secondary N) is 2. The summed E-state index contributed by atoms with van der Waals surface area (Å²) >= 11 is 0. The fraction of sp³-hybridized carbons (Fsp3) is 0.273. The molecule has 2 heteroatoms. The summed E-state index contributed by atoms with van der Waals surface area (Å²) in [4.78, 5) is 3.24. The Bertz CT molecular complexity index is 441. The maximum Gasteiger partial charge on any atom is 0.0598 e. The number of hydrogen-bond acceptors (Lipinski definition) is 1. The quantitative estimate of drug-likeness (QED) is 0.683. The van der Waals surface area contributed by atoms with E-state index in [2.05, 4.69) is 36.3 Å². The Kier molecular flexibility index (Phi) is 1.76. The van der Waals surface area contributed by atoms with Crippen LogP contribution in [0, 0.1) is 13.8 Å². The Balaban J connectivity index is 2.85. The van der Waals surface area contributed by atoms with E-state index in [1.807, 2.05) is 13.2 Å². The minimum absolute atomic E-state index is 1.18. The van der Waals surface area contributed by atoms with E-state index in [4.69, 9.17) is 0 Å². The summed E-state index contributed by atoms with van der Waals surface area (Å²) in [5, 5.41) is 4.49. The minimum Gasteiger partial charge on any atom is -0.386 e. The standard InChI is InChI=1S/C11H14N2/c1-7-4-5-9-11(8(7)2)10(12-3)6-13-9/h4-6,12-13H,1-3H3. The van der Waals surface area contributed by atoms with Gasteiger partial charge in [0.15, 0.2) is 0 Å². The lowest BCUT2D eigenvalue weighted by Gasteiger charge is -2.03. The average Bonchev–Trinajstić information content (AvgIpc) is 2.55. The molecular weight excluding hydrogens is 160 g/mol. The zero-order valence-electron chi connectivity index (χ0n) is 8.23. The summed E-state index contributed by atoms with van der Waals surface area (Å²) in [5.41, 5.74) is 5.07. The van der Waals surface area contributed by atoms with Gasteiger partial charge in [0.2, 0.25) is 0 Å². The first-order valence-electron chi connectivity index (χ1n) is 4.49. The summed E-state index contributed by atoms with van der Waals surface area (Å²) < 4.78 is 0. The second-order valence-electron chi connectivity index (χ2n) is 3.38. The van der Waals surface area contributed by atoms with E-state index in [0.29, 0.717) is 0 Å². The van der Waals surface area contributed by atoms with Crippen molar-refractivity contribution in [2.45, 2.75) is 13.8 Å². The van der Waals surface area contributed by atoms with Crippen LogP contribution in [0.3, 0.4) is 0 Å². The van der Waals surface area contributed by atoms with E-state index in [1.54, 1.807) is 0 Å². The molecule has 1 aromatic carbocycles. The number of aromatic amines is 1. The molecule has 1 heterocycles. The van der Waals surface area contributed by atoms with E-state index < -0.39 is 0 Å². The highest BCUT2D eigenvalue weighted by atomic mass is 14.9. The van der Waals surface area contributed by atoms with Crippen LogP contribution in [-0.2, 0) is 0 Å². The Hall–Kier alpha value is -1.44. The highest BCUT2D eigenvalue weighted by Crippen LogP contribution is 2.27. The first kappa shape index (κ1) is 8.17. The number of anilines is 1. The Morgan fingerprint density at radius 3 is 2.69 bits per heavy atom. The van der Waals surface area contributed by atoms with Crippen LogP contribution in [-0.4, -0.2) is 12.0 Å². The van der Waals surface area contributed by atoms with Crippen molar-refractivity contribution in [2.75, 3.05) is 12.4 Å². The Morgan fingerprint density at radius 1 is 1.23 bits per heavy atom. The van der Waals surface area contributed by atoms with Crippen LogP contribution in [0.4, 0.5) is 5.69 Å². The molecule has 0 fully saturated rings. The zero-order chi connectivity index (χ0) is 9.42. The molecule has 0 saturated carbocycles. The Labute approximate surface area is 78.0 Å². The molecule has 0 bridgehead atoms. The van der Waals surface area contributed by atoms with Gasteiger partial charge in [0.05, 0.1) is 5.69 Å². The third-order valence-electron chi connectivity index (χ3n) is 2.65. The molecule has 0 atom stereocenters. The summed E-state index contributed by atoms with van der Waals surface area (Å²) in [7, 11) is 1.95. The van der Waals surface area contributed by atoms with Crippen LogP contribution >= 0.6 is 0 Å². The van der Waals surface area contributed by atoms with E-state index >= 15 is 0 Å². The van der Waals surface area contributed by atoms with Crippen molar-refractivity contribution >= 4 is 16.6 Å². The lowest BCUT2D eigenvalue weighted by atomic mass is 10.1. The molecule has 68 valence electrons. The van der Waals surface area contributed by atoms with Gasteiger partial charge in [-0.15, -0.1) is 0 Å². The molecule has 2 aromatic rings. The van der Waals surface area contributed by atoms with E-state index in [0.717, 1.165) is 0 Å². The molecule has 0 saturated heterocycles. The molecule has 2 rings (SSSR count). The van der Waals surface area contributed by atoms with Crippen molar-refractivity contribution in [3.63, 3.8) is 0 Å². The maximum absolute atomic E-state index is 3.24. The first-order chi connectivity index (χ1) is 6.24. The van der Waals surface area contributed by atoms with Gasteiger partial charge in [-0.3, -0.25) is 0 Å². The van der Waals surface area contributed by atoms with Crippen molar-refractivity contribution in [3.05, 3.63) is 29.5 Å². The van der Waals surface area contributed by atoms with Gasteiger partial charge in [-0.05, 0) is 31.0 Å². The van der Waals surface area contributed by atoms with Gasteiger partial charge in [0, 0.05) is 24.1 Å². The van der Waals surface area contributed by atoms with Gasteiger partial charge in [-0.1, -0.05) is 6.07 Å². The molecule has 1 aromatic heterocycles. The SMILES string of the molecule is CNc1c[nH]c2ccc(C)c(C)c12. The number of fused-ring (bicyclic) bond motifs is 1. The van der Waals surface area contributed by atoms with Gasteiger partial charge in [0.25, 0.3) is 0 Å². The van der Waals surface area contributed by atoms with Crippen LogP contribution in [0.25, 0.3) is 10.9 Å². The predicted molar refractivity (Wildman–Crippen MR) is 57.3 cm³/mol. The molecule has 13 heavy (non-hydrogen) atoms. The third kappa shape index (κ3) is 1.10.